The van der Waals surface area contributed by atoms with E-state index >= 15 is 0 Å². The van der Waals surface area contributed by atoms with Crippen LogP contribution in [-0.4, -0.2) is 9.67 Å². The normalized spacial score (nSPS) is 11.2. The highest BCUT2D eigenvalue weighted by Crippen LogP contribution is 2.20. The number of fused-ring (bicyclic) bond motifs is 1. The Labute approximate surface area is 117 Å². The van der Waals surface area contributed by atoms with Gasteiger partial charge >= 0.3 is 0 Å². The number of halogens is 1. The third-order valence-corrected chi connectivity index (χ3v) is 3.67. The summed E-state index contributed by atoms with van der Waals surface area (Å²) in [5, 5.41) is 10.2. The minimum absolute atomic E-state index is 0.0458. The van der Waals surface area contributed by atoms with Crippen molar-refractivity contribution in [2.45, 2.75) is 20.1 Å². The van der Waals surface area contributed by atoms with Crippen molar-refractivity contribution in [3.63, 3.8) is 0 Å². The quantitative estimate of drug-likeness (QED) is 0.771. The Morgan fingerprint density at radius 1 is 1.10 bits per heavy atom. The summed E-state index contributed by atoms with van der Waals surface area (Å²) in [6, 6.07) is 12.8. The van der Waals surface area contributed by atoms with E-state index in [0.29, 0.717) is 6.54 Å². The van der Waals surface area contributed by atoms with Gasteiger partial charge in [0.25, 0.3) is 0 Å². The van der Waals surface area contributed by atoms with Gasteiger partial charge in [-0.15, -0.1) is 0 Å². The molecule has 0 bridgehead atoms. The van der Waals surface area contributed by atoms with E-state index in [1.54, 1.807) is 12.1 Å². The molecule has 3 aromatic rings. The Morgan fingerprint density at radius 3 is 2.75 bits per heavy atom. The van der Waals surface area contributed by atoms with Crippen LogP contribution in [-0.2, 0) is 13.2 Å². The molecule has 20 heavy (non-hydrogen) atoms. The summed E-state index contributed by atoms with van der Waals surface area (Å²) < 4.78 is 15.4. The fraction of sp³-hybridized carbons (Fsp3) is 0.176. The lowest BCUT2D eigenvalue weighted by Gasteiger charge is -2.09. The molecular weight excluding hydrogens is 253 g/mol. The molecule has 0 spiro atoms. The van der Waals surface area contributed by atoms with Crippen LogP contribution in [0.15, 0.2) is 48.7 Å². The van der Waals surface area contributed by atoms with Crippen LogP contribution in [0.1, 0.15) is 16.7 Å². The zero-order valence-corrected chi connectivity index (χ0v) is 11.3. The Balaban J connectivity index is 2.00. The van der Waals surface area contributed by atoms with E-state index in [-0.39, 0.29) is 12.4 Å². The molecule has 0 saturated carbocycles. The SMILES string of the molecule is Cc1ccc(F)cc1Cn1ccc2cc(CO)ccc21. The molecule has 3 heteroatoms. The van der Waals surface area contributed by atoms with E-state index in [9.17, 15) is 4.39 Å². The lowest BCUT2D eigenvalue weighted by molar-refractivity contribution is 0.282. The molecule has 0 saturated heterocycles. The van der Waals surface area contributed by atoms with Crippen LogP contribution in [0.25, 0.3) is 10.9 Å². The number of rotatable bonds is 3. The highest BCUT2D eigenvalue weighted by atomic mass is 19.1. The van der Waals surface area contributed by atoms with Crippen molar-refractivity contribution in [2.24, 2.45) is 0 Å². The van der Waals surface area contributed by atoms with Crippen molar-refractivity contribution in [2.75, 3.05) is 0 Å². The van der Waals surface area contributed by atoms with E-state index < -0.39 is 0 Å². The second kappa shape index (κ2) is 5.10. The second-order valence-corrected chi connectivity index (χ2v) is 5.07. The fourth-order valence-corrected chi connectivity index (χ4v) is 2.48. The first-order valence-corrected chi connectivity index (χ1v) is 6.61. The highest BCUT2D eigenvalue weighted by Gasteiger charge is 2.05. The molecule has 1 aromatic heterocycles. The van der Waals surface area contributed by atoms with Gasteiger partial charge < -0.3 is 9.67 Å². The smallest absolute Gasteiger partial charge is 0.123 e. The summed E-state index contributed by atoms with van der Waals surface area (Å²) in [5.74, 6) is -0.204. The third kappa shape index (κ3) is 2.32. The molecule has 2 aromatic carbocycles. The molecule has 0 amide bonds. The third-order valence-electron chi connectivity index (χ3n) is 3.67. The van der Waals surface area contributed by atoms with Crippen molar-refractivity contribution in [3.05, 3.63) is 71.2 Å². The summed E-state index contributed by atoms with van der Waals surface area (Å²) in [5.41, 5.74) is 4.05. The van der Waals surface area contributed by atoms with Gasteiger partial charge in [-0.25, -0.2) is 4.39 Å². The minimum atomic E-state index is -0.204. The van der Waals surface area contributed by atoms with Crippen molar-refractivity contribution < 1.29 is 9.50 Å². The van der Waals surface area contributed by atoms with Crippen molar-refractivity contribution in [3.8, 4) is 0 Å². The van der Waals surface area contributed by atoms with Crippen LogP contribution in [0.5, 0.6) is 0 Å². The number of hydrogen-bond donors (Lipinski definition) is 1. The van der Waals surface area contributed by atoms with E-state index in [2.05, 4.69) is 4.57 Å². The van der Waals surface area contributed by atoms with Crippen molar-refractivity contribution in [1.29, 1.82) is 0 Å². The predicted octanol–water partition coefficient (Wildman–Crippen LogP) is 3.63. The molecular formula is C17H16FNO. The van der Waals surface area contributed by atoms with Crippen LogP contribution >= 0.6 is 0 Å². The molecule has 1 heterocycles. The van der Waals surface area contributed by atoms with E-state index in [4.69, 9.17) is 5.11 Å². The van der Waals surface area contributed by atoms with Gasteiger partial charge in [0, 0.05) is 18.3 Å². The Hall–Kier alpha value is -2.13. The zero-order valence-electron chi connectivity index (χ0n) is 11.3. The molecule has 1 N–H and O–H groups in total. The average Bonchev–Trinajstić information content (AvgIpc) is 2.85. The van der Waals surface area contributed by atoms with Gasteiger partial charge in [0.1, 0.15) is 5.82 Å². The average molecular weight is 269 g/mol. The van der Waals surface area contributed by atoms with E-state index in [0.717, 1.165) is 27.6 Å². The molecule has 0 atom stereocenters. The van der Waals surface area contributed by atoms with Crippen molar-refractivity contribution >= 4 is 10.9 Å². The minimum Gasteiger partial charge on any atom is -0.392 e. The lowest BCUT2D eigenvalue weighted by atomic mass is 10.1. The number of aromatic nitrogens is 1. The first-order chi connectivity index (χ1) is 9.67. The van der Waals surface area contributed by atoms with Gasteiger partial charge in [-0.1, -0.05) is 12.1 Å². The number of aliphatic hydroxyl groups is 1. The first-order valence-electron chi connectivity index (χ1n) is 6.61. The van der Waals surface area contributed by atoms with Crippen LogP contribution in [0.2, 0.25) is 0 Å². The monoisotopic (exact) mass is 269 g/mol. The number of aryl methyl sites for hydroxylation is 1. The number of benzene rings is 2. The van der Waals surface area contributed by atoms with Gasteiger partial charge in [-0.3, -0.25) is 0 Å². The first kappa shape index (κ1) is 12.9. The summed E-state index contributed by atoms with van der Waals surface area (Å²) in [7, 11) is 0. The molecule has 0 aliphatic carbocycles. The number of hydrogen-bond acceptors (Lipinski definition) is 1. The summed E-state index contributed by atoms with van der Waals surface area (Å²) in [6.45, 7) is 2.68. The van der Waals surface area contributed by atoms with Crippen LogP contribution in [0, 0.1) is 12.7 Å². The molecule has 0 aliphatic rings. The van der Waals surface area contributed by atoms with Gasteiger partial charge in [0.2, 0.25) is 0 Å². The summed E-state index contributed by atoms with van der Waals surface area (Å²) in [6.07, 6.45) is 2.00. The Kier molecular flexibility index (Phi) is 3.28. The van der Waals surface area contributed by atoms with Gasteiger partial charge in [0.15, 0.2) is 0 Å². The zero-order chi connectivity index (χ0) is 14.1. The standard InChI is InChI=1S/C17H16FNO/c1-12-2-4-16(18)9-15(12)10-19-7-6-14-8-13(11-20)3-5-17(14)19/h2-9,20H,10-11H2,1H3. The molecule has 0 radical (unpaired) electrons. The van der Waals surface area contributed by atoms with E-state index in [1.165, 1.54) is 6.07 Å². The predicted molar refractivity (Wildman–Crippen MR) is 78.1 cm³/mol. The Morgan fingerprint density at radius 2 is 1.95 bits per heavy atom. The van der Waals surface area contributed by atoms with E-state index in [1.807, 2.05) is 37.4 Å². The van der Waals surface area contributed by atoms with Crippen LogP contribution in [0.4, 0.5) is 4.39 Å². The summed E-state index contributed by atoms with van der Waals surface area (Å²) in [4.78, 5) is 0. The van der Waals surface area contributed by atoms with Crippen molar-refractivity contribution in [1.82, 2.24) is 4.57 Å². The topological polar surface area (TPSA) is 25.2 Å². The lowest BCUT2D eigenvalue weighted by Crippen LogP contribution is -2.00. The highest BCUT2D eigenvalue weighted by molar-refractivity contribution is 5.81. The molecule has 0 fully saturated rings. The molecule has 102 valence electrons. The molecule has 0 unspecified atom stereocenters. The van der Waals surface area contributed by atoms with Crippen LogP contribution < -0.4 is 0 Å². The second-order valence-electron chi connectivity index (χ2n) is 5.07. The summed E-state index contributed by atoms with van der Waals surface area (Å²) >= 11 is 0. The maximum absolute atomic E-state index is 13.4. The maximum Gasteiger partial charge on any atom is 0.123 e. The van der Waals surface area contributed by atoms with Gasteiger partial charge in [0.05, 0.1) is 6.61 Å². The Bertz CT molecular complexity index is 761. The number of nitrogens with zero attached hydrogens (tertiary/aromatic N) is 1. The van der Waals surface area contributed by atoms with Crippen LogP contribution in [0.3, 0.4) is 0 Å². The van der Waals surface area contributed by atoms with Gasteiger partial charge in [-0.05, 0) is 59.3 Å². The molecule has 2 nitrogen and oxygen atoms in total. The molecule has 0 aliphatic heterocycles. The largest absolute Gasteiger partial charge is 0.392 e. The van der Waals surface area contributed by atoms with Gasteiger partial charge in [-0.2, -0.15) is 0 Å². The maximum atomic E-state index is 13.4. The number of aliphatic hydroxyl groups excluding tert-OH is 1. The molecule has 3 rings (SSSR count). The fourth-order valence-electron chi connectivity index (χ4n) is 2.48.